The first-order valence-electron chi connectivity index (χ1n) is 11.6. The minimum absolute atomic E-state index is 0.0136. The SMILES string of the molecule is CC[C@H](NC(=O)OCC1c2ccccc2-c2ccccc21)C(=O)N1CCC[C@@H]2C[C@@]21C(=O)O. The largest absolute Gasteiger partial charge is 0.479 e. The van der Waals surface area contributed by atoms with Crippen LogP contribution in [0.4, 0.5) is 4.79 Å². The quantitative estimate of drug-likeness (QED) is 0.701. The van der Waals surface area contributed by atoms with Crippen LogP contribution in [0.3, 0.4) is 0 Å². The Morgan fingerprint density at radius 3 is 2.36 bits per heavy atom. The summed E-state index contributed by atoms with van der Waals surface area (Å²) in [5.41, 5.74) is 3.43. The Morgan fingerprint density at radius 2 is 1.76 bits per heavy atom. The molecule has 3 atom stereocenters. The summed E-state index contributed by atoms with van der Waals surface area (Å²) in [6, 6.07) is 15.4. The summed E-state index contributed by atoms with van der Waals surface area (Å²) in [5, 5.41) is 12.4. The van der Waals surface area contributed by atoms with E-state index in [0.29, 0.717) is 19.4 Å². The molecule has 2 aromatic carbocycles. The topological polar surface area (TPSA) is 95.9 Å². The number of fused-ring (bicyclic) bond motifs is 4. The summed E-state index contributed by atoms with van der Waals surface area (Å²) in [6.07, 6.45) is 1.81. The first-order valence-corrected chi connectivity index (χ1v) is 11.6. The number of alkyl carbamates (subject to hydrolysis) is 1. The lowest BCUT2D eigenvalue weighted by Gasteiger charge is -2.36. The molecular weight excluding hydrogens is 420 g/mol. The number of likely N-dealkylation sites (tertiary alicyclic amines) is 1. The smallest absolute Gasteiger partial charge is 0.407 e. The highest BCUT2D eigenvalue weighted by atomic mass is 16.5. The Bertz CT molecular complexity index is 1070. The lowest BCUT2D eigenvalue weighted by atomic mass is 9.98. The van der Waals surface area contributed by atoms with E-state index < -0.39 is 23.6 Å². The number of aliphatic carboxylic acids is 1. The van der Waals surface area contributed by atoms with Crippen LogP contribution in [0.5, 0.6) is 0 Å². The molecule has 1 saturated carbocycles. The fourth-order valence-electron chi connectivity index (χ4n) is 5.68. The van der Waals surface area contributed by atoms with Gasteiger partial charge in [-0.15, -0.1) is 0 Å². The normalized spacial score (nSPS) is 23.7. The third-order valence-electron chi connectivity index (χ3n) is 7.47. The molecule has 1 aliphatic heterocycles. The van der Waals surface area contributed by atoms with Gasteiger partial charge in [-0.1, -0.05) is 55.5 Å². The minimum atomic E-state index is -1.09. The van der Waals surface area contributed by atoms with Crippen molar-refractivity contribution in [1.29, 1.82) is 0 Å². The van der Waals surface area contributed by atoms with E-state index >= 15 is 0 Å². The van der Waals surface area contributed by atoms with Crippen molar-refractivity contribution in [1.82, 2.24) is 10.2 Å². The molecule has 0 spiro atoms. The highest BCUT2D eigenvalue weighted by Crippen LogP contribution is 2.54. The summed E-state index contributed by atoms with van der Waals surface area (Å²) >= 11 is 0. The number of benzene rings is 2. The highest BCUT2D eigenvalue weighted by Gasteiger charge is 2.67. The van der Waals surface area contributed by atoms with Gasteiger partial charge >= 0.3 is 12.1 Å². The summed E-state index contributed by atoms with van der Waals surface area (Å²) in [7, 11) is 0. The number of carbonyl (C=O) groups is 3. The molecule has 2 amide bonds. The van der Waals surface area contributed by atoms with Crippen molar-refractivity contribution in [2.45, 2.75) is 50.1 Å². The summed E-state index contributed by atoms with van der Waals surface area (Å²) in [4.78, 5) is 39.2. The van der Waals surface area contributed by atoms with Gasteiger partial charge in [-0.05, 0) is 53.9 Å². The van der Waals surface area contributed by atoms with E-state index in [1.54, 1.807) is 6.92 Å². The van der Waals surface area contributed by atoms with E-state index in [2.05, 4.69) is 17.4 Å². The average Bonchev–Trinajstić information content (AvgIpc) is 3.52. The van der Waals surface area contributed by atoms with E-state index in [-0.39, 0.29) is 24.3 Å². The van der Waals surface area contributed by atoms with Crippen LogP contribution in [0.2, 0.25) is 0 Å². The maximum Gasteiger partial charge on any atom is 0.407 e. The van der Waals surface area contributed by atoms with Gasteiger partial charge in [-0.3, -0.25) is 4.79 Å². The number of nitrogens with one attached hydrogen (secondary N) is 1. The van der Waals surface area contributed by atoms with Crippen molar-refractivity contribution in [2.75, 3.05) is 13.2 Å². The number of nitrogens with zero attached hydrogens (tertiary/aromatic N) is 1. The van der Waals surface area contributed by atoms with Gasteiger partial charge in [0, 0.05) is 12.5 Å². The van der Waals surface area contributed by atoms with Crippen molar-refractivity contribution < 1.29 is 24.2 Å². The van der Waals surface area contributed by atoms with Crippen LogP contribution in [0, 0.1) is 5.92 Å². The zero-order valence-electron chi connectivity index (χ0n) is 18.6. The lowest BCUT2D eigenvalue weighted by Crippen LogP contribution is -2.57. The molecule has 0 bridgehead atoms. The van der Waals surface area contributed by atoms with Gasteiger partial charge in [0.1, 0.15) is 18.2 Å². The second-order valence-corrected chi connectivity index (χ2v) is 9.19. The van der Waals surface area contributed by atoms with Gasteiger partial charge in [0.25, 0.3) is 0 Å². The molecule has 5 rings (SSSR count). The molecule has 7 nitrogen and oxygen atoms in total. The van der Waals surface area contributed by atoms with Gasteiger partial charge in [0.05, 0.1) is 0 Å². The molecule has 1 heterocycles. The van der Waals surface area contributed by atoms with Crippen LogP contribution in [0.15, 0.2) is 48.5 Å². The van der Waals surface area contributed by atoms with Gasteiger partial charge in [0.15, 0.2) is 0 Å². The van der Waals surface area contributed by atoms with Crippen LogP contribution in [-0.2, 0) is 14.3 Å². The molecule has 3 aliphatic rings. The Kier molecular flexibility index (Phi) is 5.35. The molecule has 7 heteroatoms. The zero-order chi connectivity index (χ0) is 23.2. The zero-order valence-corrected chi connectivity index (χ0v) is 18.6. The number of rotatable bonds is 6. The molecule has 0 unspecified atom stereocenters. The standard InChI is InChI=1S/C26H28N2O5/c1-2-22(23(29)28-13-7-8-16-14-26(16,28)24(30)31)27-25(32)33-15-21-19-11-5-3-9-17(19)18-10-4-6-12-20(18)21/h3-6,9-12,16,21-22H,2,7-8,13-15H2,1H3,(H,27,32)(H,30,31)/t16-,22+,26+/m1/s1. The van der Waals surface area contributed by atoms with Crippen LogP contribution in [0.1, 0.15) is 49.7 Å². The summed E-state index contributed by atoms with van der Waals surface area (Å²) in [5.74, 6) is -1.34. The average molecular weight is 449 g/mol. The predicted molar refractivity (Wildman–Crippen MR) is 122 cm³/mol. The minimum Gasteiger partial charge on any atom is -0.479 e. The number of carboxylic acid groups (broad SMARTS) is 1. The Morgan fingerprint density at radius 1 is 1.12 bits per heavy atom. The van der Waals surface area contributed by atoms with Gasteiger partial charge < -0.3 is 20.1 Å². The number of hydrogen-bond donors (Lipinski definition) is 2. The number of carboxylic acids is 1. The second-order valence-electron chi connectivity index (χ2n) is 9.19. The van der Waals surface area contributed by atoms with Crippen molar-refractivity contribution in [3.63, 3.8) is 0 Å². The summed E-state index contributed by atoms with van der Waals surface area (Å²) < 4.78 is 5.58. The monoisotopic (exact) mass is 448 g/mol. The number of piperidine rings is 1. The van der Waals surface area contributed by atoms with Gasteiger partial charge in [-0.25, -0.2) is 9.59 Å². The maximum atomic E-state index is 13.2. The first-order chi connectivity index (χ1) is 16.0. The molecule has 2 aromatic rings. The molecule has 2 aliphatic carbocycles. The Labute approximate surface area is 192 Å². The third-order valence-corrected chi connectivity index (χ3v) is 7.47. The van der Waals surface area contributed by atoms with Crippen molar-refractivity contribution in [2.24, 2.45) is 5.92 Å². The van der Waals surface area contributed by atoms with Crippen molar-refractivity contribution in [3.05, 3.63) is 59.7 Å². The third kappa shape index (κ3) is 3.46. The molecule has 0 radical (unpaired) electrons. The molecule has 1 saturated heterocycles. The van der Waals surface area contributed by atoms with E-state index in [4.69, 9.17) is 4.74 Å². The lowest BCUT2D eigenvalue weighted by molar-refractivity contribution is -0.155. The second kappa shape index (κ2) is 8.21. The van der Waals surface area contributed by atoms with E-state index in [9.17, 15) is 19.5 Å². The van der Waals surface area contributed by atoms with E-state index in [1.807, 2.05) is 36.4 Å². The molecular formula is C26H28N2O5. The molecule has 2 N–H and O–H groups in total. The van der Waals surface area contributed by atoms with Crippen LogP contribution >= 0.6 is 0 Å². The molecule has 0 aromatic heterocycles. The molecule has 2 fully saturated rings. The van der Waals surface area contributed by atoms with Gasteiger partial charge in [0.2, 0.25) is 5.91 Å². The van der Waals surface area contributed by atoms with Crippen molar-refractivity contribution >= 4 is 18.0 Å². The predicted octanol–water partition coefficient (Wildman–Crippen LogP) is 3.77. The fraction of sp³-hybridized carbons (Fsp3) is 0.423. The fourth-order valence-corrected chi connectivity index (χ4v) is 5.68. The van der Waals surface area contributed by atoms with Crippen LogP contribution in [0.25, 0.3) is 11.1 Å². The molecule has 172 valence electrons. The molecule has 33 heavy (non-hydrogen) atoms. The number of amides is 2. The Balaban J connectivity index is 1.25. The number of hydrogen-bond acceptors (Lipinski definition) is 4. The maximum absolute atomic E-state index is 13.2. The van der Waals surface area contributed by atoms with Crippen molar-refractivity contribution in [3.8, 4) is 11.1 Å². The van der Waals surface area contributed by atoms with Crippen LogP contribution in [-0.4, -0.2) is 52.7 Å². The van der Waals surface area contributed by atoms with Crippen LogP contribution < -0.4 is 5.32 Å². The number of carbonyl (C=O) groups excluding carboxylic acids is 2. The van der Waals surface area contributed by atoms with E-state index in [1.165, 1.54) is 4.90 Å². The summed E-state index contributed by atoms with van der Waals surface area (Å²) in [6.45, 7) is 2.37. The Hall–Kier alpha value is -3.35. The number of ether oxygens (including phenoxy) is 1. The van der Waals surface area contributed by atoms with E-state index in [0.717, 1.165) is 35.1 Å². The first kappa shape index (κ1) is 21.5. The van der Waals surface area contributed by atoms with Gasteiger partial charge in [-0.2, -0.15) is 0 Å². The highest BCUT2D eigenvalue weighted by molar-refractivity contribution is 5.94.